The fraction of sp³-hybridized carbons (Fsp3) is 0.500. The molecule has 0 aliphatic rings. The van der Waals surface area contributed by atoms with E-state index in [0.717, 1.165) is 0 Å². The van der Waals surface area contributed by atoms with Gasteiger partial charge in [-0.2, -0.15) is 0 Å². The van der Waals surface area contributed by atoms with Crippen LogP contribution in [0.4, 0.5) is 0 Å². The van der Waals surface area contributed by atoms with Crippen molar-refractivity contribution < 1.29 is 14.7 Å². The number of nitrogens with one attached hydrogen (secondary N) is 1. The third-order valence-electron chi connectivity index (χ3n) is 2.54. The van der Waals surface area contributed by atoms with Gasteiger partial charge in [-0.3, -0.25) is 9.59 Å². The summed E-state index contributed by atoms with van der Waals surface area (Å²) in [5.41, 5.74) is 0.528. The Kier molecular flexibility index (Phi) is 5.71. The van der Waals surface area contributed by atoms with Crippen molar-refractivity contribution in [2.75, 3.05) is 6.54 Å². The van der Waals surface area contributed by atoms with Crippen molar-refractivity contribution in [2.24, 2.45) is 0 Å². The highest BCUT2D eigenvalue weighted by Gasteiger charge is 2.11. The first-order chi connectivity index (χ1) is 8.54. The fourth-order valence-corrected chi connectivity index (χ4v) is 1.84. The van der Waals surface area contributed by atoms with Gasteiger partial charge in [0.15, 0.2) is 0 Å². The lowest BCUT2D eigenvalue weighted by molar-refractivity contribution is -0.137. The van der Waals surface area contributed by atoms with E-state index >= 15 is 0 Å². The molecular formula is C12H17ClN2O3. The van der Waals surface area contributed by atoms with Crippen LogP contribution >= 0.6 is 11.6 Å². The van der Waals surface area contributed by atoms with Gasteiger partial charge in [-0.15, -0.1) is 0 Å². The van der Waals surface area contributed by atoms with E-state index in [2.05, 4.69) is 5.32 Å². The van der Waals surface area contributed by atoms with Gasteiger partial charge in [-0.05, 0) is 25.8 Å². The summed E-state index contributed by atoms with van der Waals surface area (Å²) in [7, 11) is 0. The van der Waals surface area contributed by atoms with Crippen LogP contribution in [-0.4, -0.2) is 28.1 Å². The number of aliphatic carboxylic acids is 1. The van der Waals surface area contributed by atoms with Crippen LogP contribution in [0.1, 0.15) is 36.7 Å². The van der Waals surface area contributed by atoms with Gasteiger partial charge < -0.3 is 15.0 Å². The summed E-state index contributed by atoms with van der Waals surface area (Å²) >= 11 is 5.84. The van der Waals surface area contributed by atoms with E-state index in [4.69, 9.17) is 16.7 Å². The van der Waals surface area contributed by atoms with Crippen LogP contribution in [0.5, 0.6) is 0 Å². The minimum Gasteiger partial charge on any atom is -0.481 e. The molecule has 0 bridgehead atoms. The Morgan fingerprint density at radius 1 is 1.44 bits per heavy atom. The molecule has 0 saturated carbocycles. The number of carbonyl (C=O) groups is 2. The molecule has 2 N–H and O–H groups in total. The number of aryl methyl sites for hydroxylation is 1. The zero-order valence-corrected chi connectivity index (χ0v) is 11.0. The van der Waals surface area contributed by atoms with Crippen LogP contribution < -0.4 is 5.32 Å². The molecule has 0 aromatic carbocycles. The van der Waals surface area contributed by atoms with Crippen molar-refractivity contribution in [1.82, 2.24) is 9.88 Å². The summed E-state index contributed by atoms with van der Waals surface area (Å²) in [4.78, 5) is 22.1. The Morgan fingerprint density at radius 2 is 2.17 bits per heavy atom. The molecule has 1 rings (SSSR count). The summed E-state index contributed by atoms with van der Waals surface area (Å²) in [6.45, 7) is 3.08. The third-order valence-corrected chi connectivity index (χ3v) is 2.75. The Bertz CT molecular complexity index is 429. The minimum atomic E-state index is -0.812. The highest BCUT2D eigenvalue weighted by atomic mass is 35.5. The van der Waals surface area contributed by atoms with Crippen molar-refractivity contribution in [1.29, 1.82) is 0 Å². The molecule has 6 heteroatoms. The summed E-state index contributed by atoms with van der Waals surface area (Å²) < 4.78 is 1.77. The van der Waals surface area contributed by atoms with Gasteiger partial charge in [0.2, 0.25) is 0 Å². The number of carboxylic acid groups (broad SMARTS) is 1. The van der Waals surface area contributed by atoms with Gasteiger partial charge in [0.05, 0.1) is 5.02 Å². The van der Waals surface area contributed by atoms with E-state index in [1.807, 2.05) is 6.92 Å². The highest BCUT2D eigenvalue weighted by molar-refractivity contribution is 6.31. The molecule has 1 aromatic heterocycles. The molecule has 1 aromatic rings. The third kappa shape index (κ3) is 4.41. The molecule has 0 unspecified atom stereocenters. The van der Waals surface area contributed by atoms with Gasteiger partial charge in [-0.25, -0.2) is 0 Å². The first kappa shape index (κ1) is 14.6. The highest BCUT2D eigenvalue weighted by Crippen LogP contribution is 2.13. The first-order valence-electron chi connectivity index (χ1n) is 5.90. The maximum absolute atomic E-state index is 11.8. The van der Waals surface area contributed by atoms with Crippen molar-refractivity contribution >= 4 is 23.5 Å². The van der Waals surface area contributed by atoms with Crippen LogP contribution in [0.2, 0.25) is 5.02 Å². The Labute approximate surface area is 111 Å². The van der Waals surface area contributed by atoms with Gasteiger partial charge in [0, 0.05) is 25.7 Å². The molecule has 0 aliphatic heterocycles. The van der Waals surface area contributed by atoms with Crippen molar-refractivity contribution in [3.8, 4) is 0 Å². The first-order valence-corrected chi connectivity index (χ1v) is 6.28. The maximum atomic E-state index is 11.8. The number of rotatable bonds is 7. The van der Waals surface area contributed by atoms with Crippen molar-refractivity contribution in [2.45, 2.75) is 32.7 Å². The summed E-state index contributed by atoms with van der Waals surface area (Å²) in [5, 5.41) is 11.8. The molecule has 1 amide bonds. The largest absolute Gasteiger partial charge is 0.481 e. The zero-order valence-electron chi connectivity index (χ0n) is 10.3. The lowest BCUT2D eigenvalue weighted by Gasteiger charge is -2.07. The topological polar surface area (TPSA) is 71.3 Å². The number of hydrogen-bond acceptors (Lipinski definition) is 2. The Balaban J connectivity index is 2.38. The summed E-state index contributed by atoms with van der Waals surface area (Å²) in [5.74, 6) is -0.993. The lowest BCUT2D eigenvalue weighted by atomic mass is 10.2. The SMILES string of the molecule is CCn1cc(Cl)cc1C(=O)NCCCCC(=O)O. The summed E-state index contributed by atoms with van der Waals surface area (Å²) in [6, 6.07) is 1.62. The van der Waals surface area contributed by atoms with E-state index in [1.54, 1.807) is 16.8 Å². The van der Waals surface area contributed by atoms with Crippen LogP contribution in [0.3, 0.4) is 0 Å². The second-order valence-electron chi connectivity index (χ2n) is 3.94. The monoisotopic (exact) mass is 272 g/mol. The second kappa shape index (κ2) is 7.06. The van der Waals surface area contributed by atoms with Gasteiger partial charge in [0.1, 0.15) is 5.69 Å². The van der Waals surface area contributed by atoms with E-state index in [-0.39, 0.29) is 12.3 Å². The molecule has 0 saturated heterocycles. The van der Waals surface area contributed by atoms with E-state index in [9.17, 15) is 9.59 Å². The van der Waals surface area contributed by atoms with Crippen LogP contribution in [0.15, 0.2) is 12.3 Å². The number of carbonyl (C=O) groups excluding carboxylic acids is 1. The number of unbranched alkanes of at least 4 members (excludes halogenated alkanes) is 1. The van der Waals surface area contributed by atoms with Crippen LogP contribution in [0, 0.1) is 0 Å². The molecule has 0 spiro atoms. The molecular weight excluding hydrogens is 256 g/mol. The number of hydrogen-bond donors (Lipinski definition) is 2. The number of carboxylic acids is 1. The number of nitrogens with zero attached hydrogens (tertiary/aromatic N) is 1. The molecule has 18 heavy (non-hydrogen) atoms. The molecule has 0 aliphatic carbocycles. The molecule has 0 radical (unpaired) electrons. The number of amides is 1. The maximum Gasteiger partial charge on any atom is 0.303 e. The molecule has 0 atom stereocenters. The average molecular weight is 273 g/mol. The lowest BCUT2D eigenvalue weighted by Crippen LogP contribution is -2.26. The average Bonchev–Trinajstić information content (AvgIpc) is 2.69. The Hall–Kier alpha value is -1.49. The van der Waals surface area contributed by atoms with Gasteiger partial charge >= 0.3 is 5.97 Å². The van der Waals surface area contributed by atoms with E-state index < -0.39 is 5.97 Å². The molecule has 1 heterocycles. The fourth-order valence-electron chi connectivity index (χ4n) is 1.62. The van der Waals surface area contributed by atoms with Gasteiger partial charge in [0.25, 0.3) is 5.91 Å². The zero-order chi connectivity index (χ0) is 13.5. The number of aromatic nitrogens is 1. The van der Waals surface area contributed by atoms with E-state index in [0.29, 0.717) is 36.6 Å². The van der Waals surface area contributed by atoms with Crippen LogP contribution in [-0.2, 0) is 11.3 Å². The second-order valence-corrected chi connectivity index (χ2v) is 4.37. The molecule has 100 valence electrons. The predicted octanol–water partition coefficient (Wildman–Crippen LogP) is 2.15. The quantitative estimate of drug-likeness (QED) is 0.747. The standard InChI is InChI=1S/C12H17ClN2O3/c1-2-15-8-9(13)7-10(15)12(18)14-6-4-3-5-11(16)17/h7-8H,2-6H2,1H3,(H,14,18)(H,16,17). The van der Waals surface area contributed by atoms with Crippen LogP contribution in [0.25, 0.3) is 0 Å². The minimum absolute atomic E-state index is 0.132. The number of halogens is 1. The van der Waals surface area contributed by atoms with Gasteiger partial charge in [-0.1, -0.05) is 11.6 Å². The normalized spacial score (nSPS) is 10.3. The molecule has 5 nitrogen and oxygen atoms in total. The summed E-state index contributed by atoms with van der Waals surface area (Å²) in [6.07, 6.45) is 3.05. The van der Waals surface area contributed by atoms with Crippen molar-refractivity contribution in [3.63, 3.8) is 0 Å². The smallest absolute Gasteiger partial charge is 0.303 e. The molecule has 0 fully saturated rings. The van der Waals surface area contributed by atoms with E-state index in [1.165, 1.54) is 0 Å². The Morgan fingerprint density at radius 3 is 2.78 bits per heavy atom. The van der Waals surface area contributed by atoms with Crippen molar-refractivity contribution in [3.05, 3.63) is 23.0 Å². The predicted molar refractivity (Wildman–Crippen MR) is 68.9 cm³/mol.